The average Bonchev–Trinajstić information content (AvgIpc) is 3.22. The number of Topliss-reactive ketones (excluding diaryl/α,β-unsaturated/α-hetero) is 2. The Balaban J connectivity index is 0.00000111. The number of ether oxygens (including phenoxy) is 5. The number of amides is 2. The summed E-state index contributed by atoms with van der Waals surface area (Å²) in [5.74, 6) is -2.83. The van der Waals surface area contributed by atoms with Gasteiger partial charge in [-0.15, -0.1) is 0 Å². The number of hydrogen-bond donors (Lipinski definition) is 1. The van der Waals surface area contributed by atoms with Crippen LogP contribution in [-0.4, -0.2) is 99.7 Å². The van der Waals surface area contributed by atoms with Gasteiger partial charge >= 0.3 is 36.1 Å². The molecule has 0 bridgehead atoms. The number of aliphatic carboxylic acids is 1. The van der Waals surface area contributed by atoms with Crippen LogP contribution in [0.25, 0.3) is 0 Å². The Kier molecular flexibility index (Phi) is 26.6. The Morgan fingerprint density at radius 3 is 1.32 bits per heavy atom. The average molecular weight is 1030 g/mol. The summed E-state index contributed by atoms with van der Waals surface area (Å²) in [6.45, 7) is 13.4. The van der Waals surface area contributed by atoms with Crippen LogP contribution in [0, 0.1) is 0 Å². The highest BCUT2D eigenvalue weighted by Gasteiger charge is 2.50. The Morgan fingerprint density at radius 2 is 0.971 bits per heavy atom. The van der Waals surface area contributed by atoms with Gasteiger partial charge in [0.2, 0.25) is 6.29 Å². The maximum atomic E-state index is 13.1. The number of benzene rings is 2. The van der Waals surface area contributed by atoms with E-state index in [0.717, 1.165) is 25.7 Å². The number of carboxylic acids is 1. The first-order valence-corrected chi connectivity index (χ1v) is 23.2. The number of carboxylic acid groups (broad SMARTS) is 1. The summed E-state index contributed by atoms with van der Waals surface area (Å²) in [7, 11) is 3.04. The highest BCUT2D eigenvalue weighted by molar-refractivity contribution is 6.32. The molecule has 2 saturated carbocycles. The molecule has 2 fully saturated rings. The van der Waals surface area contributed by atoms with Gasteiger partial charge in [-0.05, 0) is 99.1 Å². The van der Waals surface area contributed by atoms with Crippen molar-refractivity contribution in [2.45, 2.75) is 181 Å². The van der Waals surface area contributed by atoms with Crippen molar-refractivity contribution in [3.05, 3.63) is 69.7 Å². The molecule has 0 radical (unpaired) electrons. The minimum atomic E-state index is -1.26. The third kappa shape index (κ3) is 19.8. The second-order valence-electron chi connectivity index (χ2n) is 18.0. The van der Waals surface area contributed by atoms with Crippen molar-refractivity contribution in [3.8, 4) is 0 Å². The molecule has 2 amide bonds. The zero-order valence-corrected chi connectivity index (χ0v) is 42.3. The molecule has 69 heavy (non-hydrogen) atoms. The SMILES string of the molecule is C.C.CC(C)(C)OC(=O)CCC(=O)O.CC(Cl)OC(=O)N(C)[C@]1(c2ccccc2Cl)CCCCC1=O.CC(OC(=O)CCC(=O)OC(C)(C)C)OC(=O)N(C)[C@]1(c2ccccc2Cl)CCCCC1=O. The molecular weight excluding hydrogens is 959 g/mol. The maximum absolute atomic E-state index is 13.1. The van der Waals surface area contributed by atoms with Gasteiger partial charge in [0.25, 0.3) is 0 Å². The van der Waals surface area contributed by atoms with Gasteiger partial charge in [0.15, 0.2) is 17.1 Å². The molecule has 1 N–H and O–H groups in total. The topological polar surface area (TPSA) is 209 Å². The van der Waals surface area contributed by atoms with E-state index in [0.29, 0.717) is 46.9 Å². The lowest BCUT2D eigenvalue weighted by Crippen LogP contribution is -2.54. The molecule has 16 nitrogen and oxygen atoms in total. The molecule has 388 valence electrons. The van der Waals surface area contributed by atoms with Gasteiger partial charge in [0.1, 0.15) is 22.3 Å². The van der Waals surface area contributed by atoms with Gasteiger partial charge in [-0.1, -0.05) is 86.1 Å². The minimum absolute atomic E-state index is 0. The molecule has 4 rings (SSSR count). The van der Waals surface area contributed by atoms with Gasteiger partial charge in [0, 0.05) is 55.0 Å². The molecule has 2 aliphatic carbocycles. The van der Waals surface area contributed by atoms with Gasteiger partial charge in [-0.3, -0.25) is 38.6 Å². The van der Waals surface area contributed by atoms with Gasteiger partial charge in [-0.25, -0.2) is 9.59 Å². The number of esters is 3. The van der Waals surface area contributed by atoms with Crippen molar-refractivity contribution < 1.29 is 67.1 Å². The van der Waals surface area contributed by atoms with E-state index in [-0.39, 0.29) is 52.1 Å². The number of carbonyl (C=O) groups is 8. The first-order valence-electron chi connectivity index (χ1n) is 22.0. The predicted octanol–water partition coefficient (Wildman–Crippen LogP) is 11.6. The molecule has 2 aromatic carbocycles. The van der Waals surface area contributed by atoms with Crippen LogP contribution in [0.1, 0.15) is 158 Å². The van der Waals surface area contributed by atoms with Crippen LogP contribution in [0.3, 0.4) is 0 Å². The normalized spacial score (nSPS) is 18.5. The lowest BCUT2D eigenvalue weighted by atomic mass is 9.74. The molecule has 0 aliphatic heterocycles. The van der Waals surface area contributed by atoms with E-state index in [1.165, 1.54) is 23.8 Å². The van der Waals surface area contributed by atoms with Crippen LogP contribution in [0.5, 0.6) is 0 Å². The van der Waals surface area contributed by atoms with Gasteiger partial charge in [-0.2, -0.15) is 0 Å². The van der Waals surface area contributed by atoms with Crippen LogP contribution >= 0.6 is 34.8 Å². The quantitative estimate of drug-likeness (QED) is 0.0857. The molecule has 2 aromatic rings. The monoisotopic (exact) mass is 1030 g/mol. The number of carbonyl (C=O) groups excluding carboxylic acids is 7. The standard InChI is InChI=1S/C24H32ClNO7.C16H19Cl2NO3.C8H14O4.2CH4/c1-16(31-20(28)13-14-21(29)33-23(2,3)4)32-22(30)26(5)24(15-9-8-12-19(24)27)17-10-6-7-11-18(17)25;1-11(17)22-15(21)19(2)16(10-6-5-9-14(16)20)12-7-3-4-8-13(12)18;1-8(2,3)12-7(11)5-4-6(9)10;;/h6-7,10-11,16H,8-9,12-15H2,1-5H3;3-4,7-8,11H,5-6,9-10H2,1-2H3;4-5H2,1-3H3,(H,9,10);2*1H4/t16?,24-;11?,16-;;;/m00.../s1. The lowest BCUT2D eigenvalue weighted by Gasteiger charge is -2.43. The molecule has 0 saturated heterocycles. The molecule has 0 spiro atoms. The summed E-state index contributed by atoms with van der Waals surface area (Å²) >= 11 is 18.4. The van der Waals surface area contributed by atoms with Crippen molar-refractivity contribution in [2.24, 2.45) is 0 Å². The Morgan fingerprint density at radius 1 is 0.609 bits per heavy atom. The number of ketones is 2. The third-order valence-electron chi connectivity index (χ3n) is 10.4. The van der Waals surface area contributed by atoms with E-state index >= 15 is 0 Å². The zero-order chi connectivity index (χ0) is 50.9. The molecule has 0 heterocycles. The van der Waals surface area contributed by atoms with Crippen molar-refractivity contribution in [3.63, 3.8) is 0 Å². The maximum Gasteiger partial charge on any atom is 0.413 e. The first kappa shape index (κ1) is 64.1. The van der Waals surface area contributed by atoms with E-state index < -0.39 is 70.2 Å². The van der Waals surface area contributed by atoms with E-state index in [9.17, 15) is 38.4 Å². The highest BCUT2D eigenvalue weighted by Crippen LogP contribution is 2.44. The summed E-state index contributed by atoms with van der Waals surface area (Å²) in [4.78, 5) is 98.4. The summed E-state index contributed by atoms with van der Waals surface area (Å²) in [6, 6.07) is 14.1. The predicted molar refractivity (Wildman–Crippen MR) is 264 cm³/mol. The summed E-state index contributed by atoms with van der Waals surface area (Å²) < 4.78 is 25.5. The Labute approximate surface area is 422 Å². The summed E-state index contributed by atoms with van der Waals surface area (Å²) in [5.41, 5.74) is -3.11. The number of halogens is 3. The van der Waals surface area contributed by atoms with Crippen molar-refractivity contribution in [2.75, 3.05) is 14.1 Å². The third-order valence-corrected chi connectivity index (χ3v) is 11.1. The van der Waals surface area contributed by atoms with E-state index in [1.54, 1.807) is 98.0 Å². The minimum Gasteiger partial charge on any atom is -0.481 e. The molecule has 0 aromatic heterocycles. The van der Waals surface area contributed by atoms with Gasteiger partial charge < -0.3 is 28.8 Å². The second kappa shape index (κ2) is 28.7. The molecule has 19 heteroatoms. The number of nitrogens with zero attached hydrogens (tertiary/aromatic N) is 2. The number of hydrogen-bond acceptors (Lipinski definition) is 13. The number of rotatable bonds is 13. The molecule has 2 aliphatic rings. The summed E-state index contributed by atoms with van der Waals surface area (Å²) in [5, 5.41) is 9.11. The first-order chi connectivity index (χ1) is 31.1. The van der Waals surface area contributed by atoms with E-state index in [1.807, 2.05) is 6.07 Å². The number of likely N-dealkylation sites (N-methyl/N-ethyl adjacent to an activating group) is 2. The van der Waals surface area contributed by atoms with Crippen molar-refractivity contribution in [1.82, 2.24) is 9.80 Å². The molecule has 2 unspecified atom stereocenters. The fourth-order valence-corrected chi connectivity index (χ4v) is 8.14. The van der Waals surface area contributed by atoms with Crippen LogP contribution in [-0.2, 0) is 63.5 Å². The number of alkyl halides is 1. The molecule has 4 atom stereocenters. The fraction of sp³-hybridized carbons (Fsp3) is 0.600. The van der Waals surface area contributed by atoms with E-state index in [4.69, 9.17) is 63.6 Å². The van der Waals surface area contributed by atoms with Crippen molar-refractivity contribution in [1.29, 1.82) is 0 Å². The van der Waals surface area contributed by atoms with E-state index in [2.05, 4.69) is 0 Å². The highest BCUT2D eigenvalue weighted by atomic mass is 35.5. The van der Waals surface area contributed by atoms with Gasteiger partial charge in [0.05, 0.1) is 25.7 Å². The second-order valence-corrected chi connectivity index (χ2v) is 19.4. The summed E-state index contributed by atoms with van der Waals surface area (Å²) in [6.07, 6.45) is 1.54. The Bertz CT molecular complexity index is 2070. The largest absolute Gasteiger partial charge is 0.481 e. The van der Waals surface area contributed by atoms with Crippen molar-refractivity contribution >= 4 is 82.4 Å². The van der Waals surface area contributed by atoms with Crippen LogP contribution in [0.2, 0.25) is 10.0 Å². The smallest absolute Gasteiger partial charge is 0.413 e. The fourth-order valence-electron chi connectivity index (χ4n) is 7.48. The van der Waals surface area contributed by atoms with Crippen LogP contribution in [0.15, 0.2) is 48.5 Å². The Hall–Kier alpha value is -4.93. The van der Waals surface area contributed by atoms with Crippen LogP contribution in [0.4, 0.5) is 9.59 Å². The lowest BCUT2D eigenvalue weighted by molar-refractivity contribution is -0.170. The molecular formula is C50H73Cl3N2O14. The van der Waals surface area contributed by atoms with Crippen LogP contribution < -0.4 is 0 Å². The zero-order valence-electron chi connectivity index (χ0n) is 40.0.